The van der Waals surface area contributed by atoms with Crippen LogP contribution in [0.5, 0.6) is 5.75 Å². The number of carbonyl (C=O) groups is 1. The summed E-state index contributed by atoms with van der Waals surface area (Å²) in [5.74, 6) is -1.10. The van der Waals surface area contributed by atoms with Crippen molar-refractivity contribution >= 4 is 12.0 Å². The summed E-state index contributed by atoms with van der Waals surface area (Å²) in [6.45, 7) is 1.97. The molecule has 0 fully saturated rings. The van der Waals surface area contributed by atoms with E-state index in [9.17, 15) is 9.18 Å². The summed E-state index contributed by atoms with van der Waals surface area (Å²) in [6, 6.07) is 11.1. The molecule has 3 nitrogen and oxygen atoms in total. The second kappa shape index (κ2) is 6.70. The minimum atomic E-state index is -1.17. The molecule has 0 aromatic heterocycles. The smallest absolute Gasteiger partial charge is 0.336 e. The number of halogens is 1. The number of ether oxygens (including phenoxy) is 1. The van der Waals surface area contributed by atoms with Crippen molar-refractivity contribution in [2.24, 2.45) is 0 Å². The quantitative estimate of drug-likeness (QED) is 0.898. The van der Waals surface area contributed by atoms with E-state index in [1.54, 1.807) is 6.07 Å². The predicted molar refractivity (Wildman–Crippen MR) is 78.8 cm³/mol. The average Bonchev–Trinajstić information content (AvgIpc) is 2.47. The zero-order valence-corrected chi connectivity index (χ0v) is 11.5. The van der Waals surface area contributed by atoms with E-state index in [0.29, 0.717) is 11.3 Å². The van der Waals surface area contributed by atoms with Gasteiger partial charge in [-0.15, -0.1) is 0 Å². The van der Waals surface area contributed by atoms with Gasteiger partial charge in [-0.2, -0.15) is 0 Å². The van der Waals surface area contributed by atoms with Gasteiger partial charge in [0, 0.05) is 11.1 Å². The second-order valence-corrected chi connectivity index (χ2v) is 4.43. The summed E-state index contributed by atoms with van der Waals surface area (Å²) in [5.41, 5.74) is 1.25. The molecular weight excluding hydrogens is 271 g/mol. The molecule has 2 aromatic carbocycles. The summed E-state index contributed by atoms with van der Waals surface area (Å²) in [7, 11) is 0. The van der Waals surface area contributed by atoms with Crippen LogP contribution in [0.15, 0.2) is 48.5 Å². The van der Waals surface area contributed by atoms with Crippen LogP contribution in [0, 0.1) is 5.82 Å². The van der Waals surface area contributed by atoms with Crippen molar-refractivity contribution in [3.05, 3.63) is 71.0 Å². The molecule has 1 N–H and O–H groups in total. The number of aromatic carboxylic acids is 1. The lowest BCUT2D eigenvalue weighted by Crippen LogP contribution is -2.06. The fraction of sp³-hybridized carbons (Fsp3) is 0.118. The third kappa shape index (κ3) is 3.69. The first-order valence-electron chi connectivity index (χ1n) is 6.48. The summed E-state index contributed by atoms with van der Waals surface area (Å²) in [4.78, 5) is 11.1. The van der Waals surface area contributed by atoms with E-state index in [0.717, 1.165) is 11.6 Å². The van der Waals surface area contributed by atoms with Crippen LogP contribution in [0.4, 0.5) is 4.39 Å². The summed E-state index contributed by atoms with van der Waals surface area (Å²) in [5, 5.41) is 9.09. The van der Waals surface area contributed by atoms with Crippen molar-refractivity contribution in [3.8, 4) is 5.75 Å². The van der Waals surface area contributed by atoms with Gasteiger partial charge in [-0.3, -0.25) is 0 Å². The number of hydrogen-bond acceptors (Lipinski definition) is 2. The minimum absolute atomic E-state index is 0.0660. The van der Waals surface area contributed by atoms with Gasteiger partial charge < -0.3 is 9.84 Å². The lowest BCUT2D eigenvalue weighted by atomic mass is 10.1. The molecule has 0 saturated carbocycles. The Morgan fingerprint density at radius 1 is 1.29 bits per heavy atom. The maximum Gasteiger partial charge on any atom is 0.336 e. The van der Waals surface area contributed by atoms with E-state index in [4.69, 9.17) is 9.84 Å². The van der Waals surface area contributed by atoms with Crippen molar-refractivity contribution < 1.29 is 19.0 Å². The third-order valence-corrected chi connectivity index (χ3v) is 2.95. The zero-order valence-electron chi connectivity index (χ0n) is 11.5. The van der Waals surface area contributed by atoms with E-state index in [1.165, 1.54) is 12.1 Å². The highest BCUT2D eigenvalue weighted by molar-refractivity contribution is 5.89. The SMILES string of the molecule is CC=Cc1ccccc1OCc1ccc(F)cc1C(=O)O. The molecule has 0 radical (unpaired) electrons. The number of allylic oxidation sites excluding steroid dienone is 1. The summed E-state index contributed by atoms with van der Waals surface area (Å²) in [6.07, 6.45) is 3.79. The van der Waals surface area contributed by atoms with Crippen LogP contribution in [0.2, 0.25) is 0 Å². The van der Waals surface area contributed by atoms with Crippen molar-refractivity contribution in [2.75, 3.05) is 0 Å². The number of hydrogen-bond donors (Lipinski definition) is 1. The molecule has 2 rings (SSSR count). The van der Waals surface area contributed by atoms with E-state index in [2.05, 4.69) is 0 Å². The summed E-state index contributed by atoms with van der Waals surface area (Å²) >= 11 is 0. The molecule has 0 unspecified atom stereocenters. The van der Waals surface area contributed by atoms with Gasteiger partial charge in [0.1, 0.15) is 18.2 Å². The number of carboxylic acids is 1. The van der Waals surface area contributed by atoms with Crippen LogP contribution >= 0.6 is 0 Å². The van der Waals surface area contributed by atoms with Crippen molar-refractivity contribution in [2.45, 2.75) is 13.5 Å². The maximum absolute atomic E-state index is 13.1. The third-order valence-electron chi connectivity index (χ3n) is 2.95. The van der Waals surface area contributed by atoms with Crippen LogP contribution in [0.1, 0.15) is 28.4 Å². The van der Waals surface area contributed by atoms with Crippen molar-refractivity contribution in [3.63, 3.8) is 0 Å². The second-order valence-electron chi connectivity index (χ2n) is 4.43. The lowest BCUT2D eigenvalue weighted by Gasteiger charge is -2.11. The topological polar surface area (TPSA) is 46.5 Å². The highest BCUT2D eigenvalue weighted by atomic mass is 19.1. The Morgan fingerprint density at radius 3 is 2.76 bits per heavy atom. The van der Waals surface area contributed by atoms with Gasteiger partial charge in [-0.05, 0) is 25.1 Å². The minimum Gasteiger partial charge on any atom is -0.488 e. The van der Waals surface area contributed by atoms with Gasteiger partial charge in [0.25, 0.3) is 0 Å². The molecule has 0 bridgehead atoms. The predicted octanol–water partition coefficient (Wildman–Crippen LogP) is 4.14. The average molecular weight is 286 g/mol. The van der Waals surface area contributed by atoms with E-state index < -0.39 is 11.8 Å². The van der Waals surface area contributed by atoms with Crippen molar-refractivity contribution in [1.82, 2.24) is 0 Å². The molecule has 108 valence electrons. The molecule has 4 heteroatoms. The Bertz CT molecular complexity index is 677. The fourth-order valence-electron chi connectivity index (χ4n) is 1.96. The fourth-order valence-corrected chi connectivity index (χ4v) is 1.96. The highest BCUT2D eigenvalue weighted by Crippen LogP contribution is 2.22. The normalized spacial score (nSPS) is 10.8. The van der Waals surface area contributed by atoms with Gasteiger partial charge in [-0.25, -0.2) is 9.18 Å². The molecule has 2 aromatic rings. The first-order valence-corrected chi connectivity index (χ1v) is 6.48. The van der Waals surface area contributed by atoms with Crippen molar-refractivity contribution in [1.29, 1.82) is 0 Å². The van der Waals surface area contributed by atoms with Crippen LogP contribution in [0.25, 0.3) is 6.08 Å². The summed E-state index contributed by atoms with van der Waals surface area (Å²) < 4.78 is 18.8. The monoisotopic (exact) mass is 286 g/mol. The largest absolute Gasteiger partial charge is 0.488 e. The van der Waals surface area contributed by atoms with Gasteiger partial charge in [-0.1, -0.05) is 36.4 Å². The van der Waals surface area contributed by atoms with Gasteiger partial charge in [0.15, 0.2) is 0 Å². The Kier molecular flexibility index (Phi) is 4.72. The van der Waals surface area contributed by atoms with E-state index in [-0.39, 0.29) is 12.2 Å². The standard InChI is InChI=1S/C17H15FO3/c1-2-5-12-6-3-4-7-16(12)21-11-13-8-9-14(18)10-15(13)17(19)20/h2-10H,11H2,1H3,(H,19,20). The first kappa shape index (κ1) is 14.8. The molecule has 0 saturated heterocycles. The van der Waals surface area contributed by atoms with E-state index >= 15 is 0 Å². The van der Waals surface area contributed by atoms with Crippen LogP contribution in [-0.4, -0.2) is 11.1 Å². The molecular formula is C17H15FO3. The molecule has 0 aliphatic heterocycles. The Hall–Kier alpha value is -2.62. The number of carboxylic acid groups (broad SMARTS) is 1. The Morgan fingerprint density at radius 2 is 2.05 bits per heavy atom. The number of benzene rings is 2. The first-order chi connectivity index (χ1) is 10.1. The van der Waals surface area contributed by atoms with Gasteiger partial charge >= 0.3 is 5.97 Å². The molecule has 0 amide bonds. The Labute approximate surface area is 122 Å². The van der Waals surface area contributed by atoms with Crippen LogP contribution in [-0.2, 0) is 6.61 Å². The lowest BCUT2D eigenvalue weighted by molar-refractivity contribution is 0.0693. The molecule has 0 aliphatic carbocycles. The zero-order chi connectivity index (χ0) is 15.2. The van der Waals surface area contributed by atoms with E-state index in [1.807, 2.05) is 37.3 Å². The molecule has 0 heterocycles. The molecule has 0 atom stereocenters. The van der Waals surface area contributed by atoms with Gasteiger partial charge in [0.2, 0.25) is 0 Å². The maximum atomic E-state index is 13.1. The van der Waals surface area contributed by atoms with Crippen LogP contribution in [0.3, 0.4) is 0 Å². The molecule has 0 aliphatic rings. The Balaban J connectivity index is 2.23. The molecule has 21 heavy (non-hydrogen) atoms. The molecule has 0 spiro atoms. The van der Waals surface area contributed by atoms with Crippen LogP contribution < -0.4 is 4.74 Å². The highest BCUT2D eigenvalue weighted by Gasteiger charge is 2.12. The number of para-hydroxylation sites is 1. The number of rotatable bonds is 5. The van der Waals surface area contributed by atoms with Gasteiger partial charge in [0.05, 0.1) is 5.56 Å².